The second-order valence-corrected chi connectivity index (χ2v) is 4.36. The summed E-state index contributed by atoms with van der Waals surface area (Å²) in [7, 11) is 1.63. The second kappa shape index (κ2) is 6.45. The highest BCUT2D eigenvalue weighted by molar-refractivity contribution is 5.22. The van der Waals surface area contributed by atoms with Crippen LogP contribution in [0.15, 0.2) is 34.9 Å². The van der Waals surface area contributed by atoms with Gasteiger partial charge in [-0.15, -0.1) is 0 Å². The van der Waals surface area contributed by atoms with Gasteiger partial charge in [-0.05, 0) is 12.0 Å². The molecule has 0 aliphatic rings. The van der Waals surface area contributed by atoms with Gasteiger partial charge in [-0.1, -0.05) is 42.4 Å². The number of aromatic nitrogens is 2. The Hall–Kier alpha value is -1.72. The van der Waals surface area contributed by atoms with Gasteiger partial charge in [-0.25, -0.2) is 0 Å². The molecular weight excluding hydrogens is 242 g/mol. The van der Waals surface area contributed by atoms with Crippen LogP contribution < -0.4 is 5.73 Å². The predicted molar refractivity (Wildman–Crippen MR) is 71.7 cm³/mol. The van der Waals surface area contributed by atoms with Gasteiger partial charge in [0, 0.05) is 13.7 Å². The molecule has 0 fully saturated rings. The molecule has 2 aromatic rings. The van der Waals surface area contributed by atoms with Crippen LogP contribution in [0.25, 0.3) is 0 Å². The van der Waals surface area contributed by atoms with E-state index in [1.54, 1.807) is 7.11 Å². The van der Waals surface area contributed by atoms with Crippen molar-refractivity contribution < 1.29 is 9.26 Å². The monoisotopic (exact) mass is 261 g/mol. The van der Waals surface area contributed by atoms with Crippen molar-refractivity contribution in [2.45, 2.75) is 25.4 Å². The van der Waals surface area contributed by atoms with Gasteiger partial charge in [0.2, 0.25) is 11.7 Å². The van der Waals surface area contributed by atoms with Crippen LogP contribution in [0, 0.1) is 0 Å². The minimum atomic E-state index is -0.311. The number of hydrogen-bond donors (Lipinski definition) is 1. The molecule has 0 amide bonds. The number of ether oxygens (including phenoxy) is 1. The molecule has 5 nitrogen and oxygen atoms in total. The van der Waals surface area contributed by atoms with E-state index in [0.29, 0.717) is 18.3 Å². The molecule has 1 aromatic heterocycles. The first-order valence-electron chi connectivity index (χ1n) is 6.41. The smallest absolute Gasteiger partial charge is 0.231 e. The summed E-state index contributed by atoms with van der Waals surface area (Å²) in [6.07, 6.45) is 0.565. The first-order valence-corrected chi connectivity index (χ1v) is 6.41. The lowest BCUT2D eigenvalue weighted by molar-refractivity contribution is 0.126. The molecule has 0 saturated carbocycles. The van der Waals surface area contributed by atoms with E-state index in [1.165, 1.54) is 0 Å². The fourth-order valence-corrected chi connectivity index (χ4v) is 1.98. The zero-order chi connectivity index (χ0) is 13.7. The Morgan fingerprint density at radius 3 is 2.63 bits per heavy atom. The maximum Gasteiger partial charge on any atom is 0.231 e. The van der Waals surface area contributed by atoms with Crippen molar-refractivity contribution in [2.24, 2.45) is 5.73 Å². The number of nitrogens with two attached hydrogens (primary N) is 1. The lowest BCUT2D eigenvalue weighted by atomic mass is 10.1. The van der Waals surface area contributed by atoms with Gasteiger partial charge in [0.1, 0.15) is 6.10 Å². The average Bonchev–Trinajstić information content (AvgIpc) is 2.92. The fourth-order valence-electron chi connectivity index (χ4n) is 1.98. The van der Waals surface area contributed by atoms with Gasteiger partial charge >= 0.3 is 0 Å². The molecule has 0 saturated heterocycles. The summed E-state index contributed by atoms with van der Waals surface area (Å²) in [4.78, 5) is 4.42. The SMILES string of the molecule is CCC(CN)c1nc(C(OC)c2ccccc2)no1. The van der Waals surface area contributed by atoms with Crippen molar-refractivity contribution in [3.63, 3.8) is 0 Å². The topological polar surface area (TPSA) is 74.2 Å². The van der Waals surface area contributed by atoms with E-state index in [2.05, 4.69) is 10.1 Å². The predicted octanol–water partition coefficient (Wildman–Crippen LogP) is 2.26. The van der Waals surface area contributed by atoms with Crippen molar-refractivity contribution in [1.82, 2.24) is 10.1 Å². The van der Waals surface area contributed by atoms with E-state index >= 15 is 0 Å². The lowest BCUT2D eigenvalue weighted by Gasteiger charge is -2.11. The third-order valence-electron chi connectivity index (χ3n) is 3.16. The Morgan fingerprint density at radius 1 is 1.32 bits per heavy atom. The molecule has 0 bridgehead atoms. The second-order valence-electron chi connectivity index (χ2n) is 4.36. The zero-order valence-electron chi connectivity index (χ0n) is 11.2. The molecule has 1 aromatic carbocycles. The van der Waals surface area contributed by atoms with E-state index in [9.17, 15) is 0 Å². The molecule has 2 rings (SSSR count). The molecule has 2 unspecified atom stereocenters. The van der Waals surface area contributed by atoms with Crippen molar-refractivity contribution in [3.8, 4) is 0 Å². The number of methoxy groups -OCH3 is 1. The minimum absolute atomic E-state index is 0.106. The molecule has 0 spiro atoms. The highest BCUT2D eigenvalue weighted by Crippen LogP contribution is 2.25. The third-order valence-corrected chi connectivity index (χ3v) is 3.16. The van der Waals surface area contributed by atoms with E-state index < -0.39 is 0 Å². The Labute approximate surface area is 112 Å². The molecule has 0 aliphatic heterocycles. The Bertz CT molecular complexity index is 494. The standard InChI is InChI=1S/C14H19N3O2/c1-3-10(9-15)14-16-13(17-19-14)12(18-2)11-7-5-4-6-8-11/h4-8,10,12H,3,9,15H2,1-2H3. The molecule has 2 atom stereocenters. The highest BCUT2D eigenvalue weighted by atomic mass is 16.5. The van der Waals surface area contributed by atoms with Crippen LogP contribution >= 0.6 is 0 Å². The highest BCUT2D eigenvalue weighted by Gasteiger charge is 2.22. The van der Waals surface area contributed by atoms with Crippen molar-refractivity contribution in [1.29, 1.82) is 0 Å². The van der Waals surface area contributed by atoms with Gasteiger partial charge in [0.15, 0.2) is 0 Å². The first-order chi connectivity index (χ1) is 9.30. The number of benzene rings is 1. The average molecular weight is 261 g/mol. The normalized spacial score (nSPS) is 14.3. The van der Waals surface area contributed by atoms with Gasteiger partial charge in [-0.3, -0.25) is 0 Å². The number of hydrogen-bond acceptors (Lipinski definition) is 5. The van der Waals surface area contributed by atoms with Crippen LogP contribution in [0.2, 0.25) is 0 Å². The molecule has 1 heterocycles. The zero-order valence-corrected chi connectivity index (χ0v) is 11.2. The lowest BCUT2D eigenvalue weighted by Crippen LogP contribution is -2.12. The quantitative estimate of drug-likeness (QED) is 0.863. The molecule has 2 N–H and O–H groups in total. The molecule has 5 heteroatoms. The summed E-state index contributed by atoms with van der Waals surface area (Å²) in [5.74, 6) is 1.23. The Kier molecular flexibility index (Phi) is 4.65. The van der Waals surface area contributed by atoms with Crippen molar-refractivity contribution >= 4 is 0 Å². The van der Waals surface area contributed by atoms with E-state index in [4.69, 9.17) is 15.0 Å². The van der Waals surface area contributed by atoms with E-state index in [0.717, 1.165) is 12.0 Å². The summed E-state index contributed by atoms with van der Waals surface area (Å²) < 4.78 is 10.8. The molecule has 102 valence electrons. The van der Waals surface area contributed by atoms with Crippen LogP contribution in [0.1, 0.15) is 42.6 Å². The fraction of sp³-hybridized carbons (Fsp3) is 0.429. The number of nitrogens with zero attached hydrogens (tertiary/aromatic N) is 2. The van der Waals surface area contributed by atoms with Crippen molar-refractivity contribution in [3.05, 3.63) is 47.6 Å². The molecule has 19 heavy (non-hydrogen) atoms. The van der Waals surface area contributed by atoms with Gasteiger partial charge in [0.05, 0.1) is 5.92 Å². The number of rotatable bonds is 6. The largest absolute Gasteiger partial charge is 0.369 e. The third kappa shape index (κ3) is 3.00. The van der Waals surface area contributed by atoms with Crippen LogP contribution in [0.5, 0.6) is 0 Å². The summed E-state index contributed by atoms with van der Waals surface area (Å²) in [5, 5.41) is 4.01. The summed E-state index contributed by atoms with van der Waals surface area (Å²) in [5.41, 5.74) is 6.68. The summed E-state index contributed by atoms with van der Waals surface area (Å²) in [6.45, 7) is 2.55. The molecular formula is C14H19N3O2. The van der Waals surface area contributed by atoms with Gasteiger partial charge < -0.3 is 15.0 Å². The van der Waals surface area contributed by atoms with Crippen LogP contribution in [-0.4, -0.2) is 23.8 Å². The minimum Gasteiger partial charge on any atom is -0.369 e. The van der Waals surface area contributed by atoms with E-state index in [1.807, 2.05) is 37.3 Å². The van der Waals surface area contributed by atoms with Gasteiger partial charge in [0.25, 0.3) is 0 Å². The Morgan fingerprint density at radius 2 is 2.05 bits per heavy atom. The summed E-state index contributed by atoms with van der Waals surface area (Å²) >= 11 is 0. The van der Waals surface area contributed by atoms with Gasteiger partial charge in [-0.2, -0.15) is 4.98 Å². The molecule has 0 aliphatic carbocycles. The maximum atomic E-state index is 5.69. The molecule has 0 radical (unpaired) electrons. The van der Waals surface area contributed by atoms with Crippen LogP contribution in [-0.2, 0) is 4.74 Å². The van der Waals surface area contributed by atoms with Crippen LogP contribution in [0.3, 0.4) is 0 Å². The first kappa shape index (κ1) is 13.7. The van der Waals surface area contributed by atoms with Crippen molar-refractivity contribution in [2.75, 3.05) is 13.7 Å². The Balaban J connectivity index is 2.25. The summed E-state index contributed by atoms with van der Waals surface area (Å²) in [6, 6.07) is 9.82. The maximum absolute atomic E-state index is 5.69. The van der Waals surface area contributed by atoms with Crippen LogP contribution in [0.4, 0.5) is 0 Å². The van der Waals surface area contributed by atoms with E-state index in [-0.39, 0.29) is 12.0 Å².